The van der Waals surface area contributed by atoms with Gasteiger partial charge in [-0.25, -0.2) is 0 Å². The lowest BCUT2D eigenvalue weighted by Crippen LogP contribution is -1.84. The smallest absolute Gasteiger partial charge is 0.279 e. The Morgan fingerprint density at radius 2 is 2.19 bits per heavy atom. The number of aromatic amines is 1. The maximum absolute atomic E-state index is 5.34. The second-order valence-electron chi connectivity index (χ2n) is 4.95. The summed E-state index contributed by atoms with van der Waals surface area (Å²) in [4.78, 5) is 4.40. The molecule has 0 unspecified atom stereocenters. The van der Waals surface area contributed by atoms with Gasteiger partial charge in [0.15, 0.2) is 5.69 Å². The lowest BCUT2D eigenvalue weighted by atomic mass is 10.1. The number of benzene rings is 1. The zero-order chi connectivity index (χ0) is 14.4. The highest BCUT2D eigenvalue weighted by Gasteiger charge is 2.17. The third-order valence-corrected chi connectivity index (χ3v) is 3.31. The topological polar surface area (TPSA) is 85.4 Å². The first-order chi connectivity index (χ1) is 10.2. The maximum atomic E-state index is 5.34. The predicted molar refractivity (Wildman–Crippen MR) is 76.3 cm³/mol. The minimum Gasteiger partial charge on any atom is -0.332 e. The minimum atomic E-state index is 0.394. The van der Waals surface area contributed by atoms with Gasteiger partial charge in [-0.1, -0.05) is 16.8 Å². The molecular weight excluding hydrogens is 268 g/mol. The average Bonchev–Trinajstić information content (AvgIpc) is 3.16. The molecule has 0 amide bonds. The molecule has 7 heteroatoms. The second kappa shape index (κ2) is 4.27. The van der Waals surface area contributed by atoms with E-state index in [9.17, 15) is 0 Å². The first-order valence-corrected chi connectivity index (χ1v) is 6.48. The van der Waals surface area contributed by atoms with Crippen molar-refractivity contribution in [2.45, 2.75) is 6.92 Å². The number of aryl methyl sites for hydroxylation is 2. The molecule has 0 saturated heterocycles. The largest absolute Gasteiger partial charge is 0.332 e. The number of fused-ring (bicyclic) bond motifs is 1. The molecule has 0 fully saturated rings. The van der Waals surface area contributed by atoms with E-state index in [1.165, 1.54) is 0 Å². The SMILES string of the molecule is Cc1ccc2[nH]nc(-c3nc(-c4cnn(C)c4)no3)c2c1. The first-order valence-electron chi connectivity index (χ1n) is 6.48. The Labute approximate surface area is 119 Å². The average molecular weight is 280 g/mol. The molecule has 0 aliphatic rings. The second-order valence-corrected chi connectivity index (χ2v) is 4.95. The van der Waals surface area contributed by atoms with Crippen molar-refractivity contribution in [1.29, 1.82) is 0 Å². The van der Waals surface area contributed by atoms with Gasteiger partial charge in [-0.2, -0.15) is 15.2 Å². The third-order valence-electron chi connectivity index (χ3n) is 3.31. The fourth-order valence-corrected chi connectivity index (χ4v) is 2.26. The Kier molecular flexibility index (Phi) is 2.41. The van der Waals surface area contributed by atoms with Crippen LogP contribution in [0.25, 0.3) is 33.9 Å². The van der Waals surface area contributed by atoms with Crippen LogP contribution in [0.15, 0.2) is 35.1 Å². The molecule has 0 atom stereocenters. The van der Waals surface area contributed by atoms with E-state index >= 15 is 0 Å². The van der Waals surface area contributed by atoms with Gasteiger partial charge in [0.2, 0.25) is 5.82 Å². The van der Waals surface area contributed by atoms with E-state index in [0.717, 1.165) is 22.0 Å². The van der Waals surface area contributed by atoms with Crippen molar-refractivity contribution in [3.8, 4) is 23.0 Å². The summed E-state index contributed by atoms with van der Waals surface area (Å²) >= 11 is 0. The summed E-state index contributed by atoms with van der Waals surface area (Å²) in [6.07, 6.45) is 3.53. The zero-order valence-corrected chi connectivity index (χ0v) is 11.5. The lowest BCUT2D eigenvalue weighted by Gasteiger charge is -1.93. The van der Waals surface area contributed by atoms with E-state index in [1.54, 1.807) is 10.9 Å². The van der Waals surface area contributed by atoms with Crippen LogP contribution >= 0.6 is 0 Å². The van der Waals surface area contributed by atoms with E-state index in [0.29, 0.717) is 17.4 Å². The highest BCUT2D eigenvalue weighted by Crippen LogP contribution is 2.27. The molecule has 0 aliphatic heterocycles. The molecule has 3 aromatic heterocycles. The first kappa shape index (κ1) is 11.8. The van der Waals surface area contributed by atoms with Gasteiger partial charge >= 0.3 is 0 Å². The van der Waals surface area contributed by atoms with Crippen molar-refractivity contribution in [2.24, 2.45) is 7.05 Å². The number of nitrogens with zero attached hydrogens (tertiary/aromatic N) is 5. The molecule has 3 heterocycles. The van der Waals surface area contributed by atoms with E-state index in [4.69, 9.17) is 4.52 Å². The van der Waals surface area contributed by atoms with Gasteiger partial charge in [-0.15, -0.1) is 0 Å². The Balaban J connectivity index is 1.82. The maximum Gasteiger partial charge on any atom is 0.279 e. The van der Waals surface area contributed by atoms with Crippen LogP contribution in [0.1, 0.15) is 5.56 Å². The van der Waals surface area contributed by atoms with Crippen LogP contribution in [-0.4, -0.2) is 30.1 Å². The summed E-state index contributed by atoms with van der Waals surface area (Å²) in [7, 11) is 1.84. The monoisotopic (exact) mass is 280 g/mol. The number of hydrogen-bond donors (Lipinski definition) is 1. The Hall–Kier alpha value is -2.96. The summed E-state index contributed by atoms with van der Waals surface area (Å²) in [5.74, 6) is 0.896. The van der Waals surface area contributed by atoms with E-state index in [-0.39, 0.29) is 0 Å². The van der Waals surface area contributed by atoms with Gasteiger partial charge in [-0.05, 0) is 19.1 Å². The number of aromatic nitrogens is 6. The minimum absolute atomic E-state index is 0.394. The molecule has 4 rings (SSSR count). The van der Waals surface area contributed by atoms with Crippen molar-refractivity contribution in [1.82, 2.24) is 30.1 Å². The quantitative estimate of drug-likeness (QED) is 0.609. The predicted octanol–water partition coefficient (Wildman–Crippen LogP) is 2.32. The molecule has 21 heavy (non-hydrogen) atoms. The molecule has 0 spiro atoms. The summed E-state index contributed by atoms with van der Waals surface area (Å²) < 4.78 is 7.03. The van der Waals surface area contributed by atoms with Gasteiger partial charge in [0, 0.05) is 18.6 Å². The van der Waals surface area contributed by atoms with Crippen LogP contribution in [0, 0.1) is 6.92 Å². The van der Waals surface area contributed by atoms with E-state index < -0.39 is 0 Å². The lowest BCUT2D eigenvalue weighted by molar-refractivity contribution is 0.431. The summed E-state index contributed by atoms with van der Waals surface area (Å²) in [5, 5.41) is 16.3. The summed E-state index contributed by atoms with van der Waals surface area (Å²) in [6, 6.07) is 6.06. The zero-order valence-electron chi connectivity index (χ0n) is 11.5. The van der Waals surface area contributed by atoms with Gasteiger partial charge < -0.3 is 4.52 Å². The van der Waals surface area contributed by atoms with Crippen LogP contribution in [0.2, 0.25) is 0 Å². The fraction of sp³-hybridized carbons (Fsp3) is 0.143. The molecule has 0 bridgehead atoms. The van der Waals surface area contributed by atoms with Crippen LogP contribution in [0.5, 0.6) is 0 Å². The fourth-order valence-electron chi connectivity index (χ4n) is 2.26. The van der Waals surface area contributed by atoms with Gasteiger partial charge in [0.1, 0.15) is 0 Å². The summed E-state index contributed by atoms with van der Waals surface area (Å²) in [6.45, 7) is 2.03. The van der Waals surface area contributed by atoms with E-state index in [2.05, 4.69) is 25.4 Å². The molecule has 0 aliphatic carbocycles. The number of nitrogens with one attached hydrogen (secondary N) is 1. The van der Waals surface area contributed by atoms with Crippen molar-refractivity contribution in [3.05, 3.63) is 36.2 Å². The highest BCUT2D eigenvalue weighted by molar-refractivity contribution is 5.91. The van der Waals surface area contributed by atoms with Gasteiger partial charge in [0.25, 0.3) is 5.89 Å². The highest BCUT2D eigenvalue weighted by atomic mass is 16.5. The normalized spacial score (nSPS) is 11.3. The molecule has 1 N–H and O–H groups in total. The van der Waals surface area contributed by atoms with Crippen molar-refractivity contribution >= 4 is 10.9 Å². The molecular formula is C14H12N6O. The molecule has 7 nitrogen and oxygen atoms in total. The van der Waals surface area contributed by atoms with Crippen molar-refractivity contribution in [2.75, 3.05) is 0 Å². The number of rotatable bonds is 2. The van der Waals surface area contributed by atoms with Crippen LogP contribution < -0.4 is 0 Å². The number of hydrogen-bond acceptors (Lipinski definition) is 5. The van der Waals surface area contributed by atoms with Gasteiger partial charge in [-0.3, -0.25) is 9.78 Å². The Bertz CT molecular complexity index is 932. The Morgan fingerprint density at radius 1 is 1.29 bits per heavy atom. The third kappa shape index (κ3) is 1.90. The summed E-state index contributed by atoms with van der Waals surface area (Å²) in [5.41, 5.74) is 3.56. The molecule has 0 saturated carbocycles. The molecule has 1 aromatic carbocycles. The van der Waals surface area contributed by atoms with E-state index in [1.807, 2.05) is 38.4 Å². The van der Waals surface area contributed by atoms with Crippen LogP contribution in [-0.2, 0) is 7.05 Å². The standard InChI is InChI=1S/C14H12N6O/c1-8-3-4-11-10(5-8)12(18-17-11)14-16-13(19-21-14)9-6-15-20(2)7-9/h3-7H,1-2H3,(H,17,18). The Morgan fingerprint density at radius 3 is 3.00 bits per heavy atom. The molecule has 0 radical (unpaired) electrons. The van der Waals surface area contributed by atoms with Crippen molar-refractivity contribution in [3.63, 3.8) is 0 Å². The molecule has 104 valence electrons. The molecule has 4 aromatic rings. The van der Waals surface area contributed by atoms with Crippen molar-refractivity contribution < 1.29 is 4.52 Å². The van der Waals surface area contributed by atoms with Crippen LogP contribution in [0.4, 0.5) is 0 Å². The number of H-pyrrole nitrogens is 1. The van der Waals surface area contributed by atoms with Crippen LogP contribution in [0.3, 0.4) is 0 Å². The van der Waals surface area contributed by atoms with Gasteiger partial charge in [0.05, 0.1) is 17.3 Å².